The molecule has 0 saturated carbocycles. The Balaban J connectivity index is 2.33. The van der Waals surface area contributed by atoms with Crippen LogP contribution in [0.4, 0.5) is 4.39 Å². The fourth-order valence-electron chi connectivity index (χ4n) is 1.57. The third-order valence-corrected chi connectivity index (χ3v) is 2.99. The molecule has 0 radical (unpaired) electrons. The molecule has 2 aromatic rings. The number of ether oxygens (including phenoxy) is 1. The van der Waals surface area contributed by atoms with E-state index in [9.17, 15) is 4.39 Å². The van der Waals surface area contributed by atoms with Crippen LogP contribution in [0.25, 0.3) is 0 Å². The minimum absolute atomic E-state index is 0.257. The van der Waals surface area contributed by atoms with Gasteiger partial charge in [0, 0.05) is 10.9 Å². The molecular formula is C14H12BrFO. The highest BCUT2D eigenvalue weighted by atomic mass is 79.9. The van der Waals surface area contributed by atoms with Crippen molar-refractivity contribution in [3.05, 3.63) is 59.4 Å². The molecule has 0 saturated heterocycles. The van der Waals surface area contributed by atoms with Crippen LogP contribution in [0, 0.1) is 12.7 Å². The van der Waals surface area contributed by atoms with Crippen LogP contribution in [0.15, 0.2) is 42.5 Å². The van der Waals surface area contributed by atoms with Gasteiger partial charge in [0.2, 0.25) is 0 Å². The zero-order valence-electron chi connectivity index (χ0n) is 9.41. The second-order valence-electron chi connectivity index (χ2n) is 3.77. The quantitative estimate of drug-likeness (QED) is 0.737. The smallest absolute Gasteiger partial charge is 0.134 e. The van der Waals surface area contributed by atoms with E-state index >= 15 is 0 Å². The Kier molecular flexibility index (Phi) is 3.79. The Hall–Kier alpha value is -1.35. The van der Waals surface area contributed by atoms with E-state index in [1.54, 1.807) is 12.1 Å². The predicted octanol–water partition coefficient (Wildman–Crippen LogP) is 4.82. The van der Waals surface area contributed by atoms with Gasteiger partial charge in [-0.3, -0.25) is 0 Å². The van der Waals surface area contributed by atoms with Crippen molar-refractivity contribution >= 4 is 15.9 Å². The highest BCUT2D eigenvalue weighted by Gasteiger charge is 2.08. The van der Waals surface area contributed by atoms with Gasteiger partial charge in [0.05, 0.1) is 0 Å². The third kappa shape index (κ3) is 2.86. The molecule has 17 heavy (non-hydrogen) atoms. The Morgan fingerprint density at radius 3 is 2.65 bits per heavy atom. The first-order chi connectivity index (χ1) is 8.20. The summed E-state index contributed by atoms with van der Waals surface area (Å²) in [5.41, 5.74) is 1.65. The van der Waals surface area contributed by atoms with Crippen molar-refractivity contribution in [1.29, 1.82) is 0 Å². The molecule has 0 aromatic heterocycles. The summed E-state index contributed by atoms with van der Waals surface area (Å²) in [5.74, 6) is 1.01. The van der Waals surface area contributed by atoms with E-state index < -0.39 is 0 Å². The highest BCUT2D eigenvalue weighted by Crippen LogP contribution is 2.29. The molecule has 2 rings (SSSR count). The number of hydrogen-bond donors (Lipinski definition) is 0. The second kappa shape index (κ2) is 5.32. The first kappa shape index (κ1) is 12.1. The molecule has 0 aliphatic heterocycles. The number of aryl methyl sites for hydroxylation is 1. The normalized spacial score (nSPS) is 10.3. The summed E-state index contributed by atoms with van der Waals surface area (Å²) in [6.45, 7) is 1.99. The fourth-order valence-corrected chi connectivity index (χ4v) is 2.11. The molecule has 0 fully saturated rings. The van der Waals surface area contributed by atoms with Gasteiger partial charge in [0.1, 0.15) is 17.3 Å². The predicted molar refractivity (Wildman–Crippen MR) is 70.3 cm³/mol. The van der Waals surface area contributed by atoms with Crippen molar-refractivity contribution < 1.29 is 9.13 Å². The summed E-state index contributed by atoms with van der Waals surface area (Å²) < 4.78 is 19.2. The van der Waals surface area contributed by atoms with Gasteiger partial charge in [0.25, 0.3) is 0 Å². The number of alkyl halides is 1. The van der Waals surface area contributed by atoms with E-state index in [0.717, 1.165) is 11.3 Å². The summed E-state index contributed by atoms with van der Waals surface area (Å²) in [4.78, 5) is 0. The van der Waals surface area contributed by atoms with Gasteiger partial charge in [-0.25, -0.2) is 4.39 Å². The van der Waals surface area contributed by atoms with E-state index in [0.29, 0.717) is 16.6 Å². The Labute approximate surface area is 108 Å². The number of benzene rings is 2. The van der Waals surface area contributed by atoms with E-state index in [1.807, 2.05) is 31.2 Å². The van der Waals surface area contributed by atoms with Crippen LogP contribution >= 0.6 is 15.9 Å². The maximum atomic E-state index is 13.5. The van der Waals surface area contributed by atoms with Gasteiger partial charge >= 0.3 is 0 Å². The van der Waals surface area contributed by atoms with Crippen molar-refractivity contribution in [3.8, 4) is 11.5 Å². The van der Waals surface area contributed by atoms with Gasteiger partial charge in [-0.05, 0) is 36.8 Å². The van der Waals surface area contributed by atoms with E-state index in [4.69, 9.17) is 4.74 Å². The molecular weight excluding hydrogens is 283 g/mol. The molecule has 0 amide bonds. The van der Waals surface area contributed by atoms with Gasteiger partial charge < -0.3 is 4.74 Å². The first-order valence-corrected chi connectivity index (χ1v) is 6.40. The van der Waals surface area contributed by atoms with Crippen molar-refractivity contribution in [2.24, 2.45) is 0 Å². The SMILES string of the molecule is Cc1cccc(Oc2cccc(F)c2CBr)c1. The summed E-state index contributed by atoms with van der Waals surface area (Å²) >= 11 is 3.27. The lowest BCUT2D eigenvalue weighted by atomic mass is 10.2. The molecule has 2 aromatic carbocycles. The average Bonchev–Trinajstić information content (AvgIpc) is 2.29. The van der Waals surface area contributed by atoms with Crippen LogP contribution in [0.3, 0.4) is 0 Å². The highest BCUT2D eigenvalue weighted by molar-refractivity contribution is 9.08. The molecule has 0 aliphatic rings. The zero-order valence-corrected chi connectivity index (χ0v) is 11.0. The van der Waals surface area contributed by atoms with E-state index in [1.165, 1.54) is 6.07 Å². The van der Waals surface area contributed by atoms with Crippen LogP contribution in [0.5, 0.6) is 11.5 Å². The minimum atomic E-state index is -0.257. The van der Waals surface area contributed by atoms with E-state index in [-0.39, 0.29) is 5.82 Å². The molecule has 3 heteroatoms. The third-order valence-electron chi connectivity index (χ3n) is 2.43. The lowest BCUT2D eigenvalue weighted by Crippen LogP contribution is -1.93. The molecule has 0 bridgehead atoms. The van der Waals surface area contributed by atoms with Gasteiger partial charge in [-0.15, -0.1) is 0 Å². The standard InChI is InChI=1S/C14H12BrFO/c1-10-4-2-5-11(8-10)17-14-7-3-6-13(16)12(14)9-15/h2-8H,9H2,1H3. The molecule has 0 aliphatic carbocycles. The molecule has 0 unspecified atom stereocenters. The van der Waals surface area contributed by atoms with Crippen LogP contribution in [-0.4, -0.2) is 0 Å². The fraction of sp³-hybridized carbons (Fsp3) is 0.143. The molecule has 1 nitrogen and oxygen atoms in total. The van der Waals surface area contributed by atoms with Crippen molar-refractivity contribution in [2.75, 3.05) is 0 Å². The largest absolute Gasteiger partial charge is 0.457 e. The molecule has 0 atom stereocenters. The maximum absolute atomic E-state index is 13.5. The molecule has 0 spiro atoms. The van der Waals surface area contributed by atoms with Crippen LogP contribution < -0.4 is 4.74 Å². The molecule has 0 N–H and O–H groups in total. The average molecular weight is 295 g/mol. The van der Waals surface area contributed by atoms with Crippen molar-refractivity contribution in [1.82, 2.24) is 0 Å². The van der Waals surface area contributed by atoms with Crippen LogP contribution in [0.2, 0.25) is 0 Å². The summed E-state index contributed by atoms with van der Waals surface area (Å²) in [7, 11) is 0. The van der Waals surface area contributed by atoms with Crippen molar-refractivity contribution in [3.63, 3.8) is 0 Å². The van der Waals surface area contributed by atoms with Gasteiger partial charge in [-0.1, -0.05) is 34.1 Å². The Bertz CT molecular complexity index is 525. The minimum Gasteiger partial charge on any atom is -0.457 e. The summed E-state index contributed by atoms with van der Waals surface area (Å²) in [6.07, 6.45) is 0. The number of halogens is 2. The monoisotopic (exact) mass is 294 g/mol. The van der Waals surface area contributed by atoms with Crippen LogP contribution in [-0.2, 0) is 5.33 Å². The summed E-state index contributed by atoms with van der Waals surface area (Å²) in [5, 5.41) is 0.431. The lowest BCUT2D eigenvalue weighted by molar-refractivity contribution is 0.470. The zero-order chi connectivity index (χ0) is 12.3. The van der Waals surface area contributed by atoms with Crippen molar-refractivity contribution in [2.45, 2.75) is 12.3 Å². The molecule has 88 valence electrons. The van der Waals surface area contributed by atoms with Gasteiger partial charge in [0.15, 0.2) is 0 Å². The first-order valence-electron chi connectivity index (χ1n) is 5.28. The Morgan fingerprint density at radius 1 is 1.18 bits per heavy atom. The van der Waals surface area contributed by atoms with Crippen LogP contribution in [0.1, 0.15) is 11.1 Å². The topological polar surface area (TPSA) is 9.23 Å². The maximum Gasteiger partial charge on any atom is 0.134 e. The number of rotatable bonds is 3. The second-order valence-corrected chi connectivity index (χ2v) is 4.33. The van der Waals surface area contributed by atoms with E-state index in [2.05, 4.69) is 15.9 Å². The Morgan fingerprint density at radius 2 is 1.94 bits per heavy atom. The summed E-state index contributed by atoms with van der Waals surface area (Å²) in [6, 6.07) is 12.5. The molecule has 0 heterocycles. The number of hydrogen-bond acceptors (Lipinski definition) is 1. The lowest BCUT2D eigenvalue weighted by Gasteiger charge is -2.10. The van der Waals surface area contributed by atoms with Gasteiger partial charge in [-0.2, -0.15) is 0 Å².